The van der Waals surface area contributed by atoms with Gasteiger partial charge in [0.25, 0.3) is 0 Å². The van der Waals surface area contributed by atoms with Crippen LogP contribution < -0.4 is 4.90 Å². The number of benzene rings is 1. The maximum Gasteiger partial charge on any atom is 0.225 e. The number of pyridine rings is 1. The molecule has 0 amide bonds. The fourth-order valence-corrected chi connectivity index (χ4v) is 6.48. The molecule has 1 aliphatic carbocycles. The lowest BCUT2D eigenvalue weighted by atomic mass is 9.83. The Morgan fingerprint density at radius 1 is 0.917 bits per heavy atom. The molecular formula is C28H29FN6O. The maximum absolute atomic E-state index is 14.4. The smallest absolute Gasteiger partial charge is 0.225 e. The molecule has 2 aliphatic heterocycles. The Labute approximate surface area is 209 Å². The van der Waals surface area contributed by atoms with Gasteiger partial charge in [-0.3, -0.25) is 0 Å². The van der Waals surface area contributed by atoms with Gasteiger partial charge in [-0.25, -0.2) is 24.3 Å². The molecule has 5 heterocycles. The Bertz CT molecular complexity index is 1440. The van der Waals surface area contributed by atoms with Crippen molar-refractivity contribution in [3.05, 3.63) is 65.7 Å². The van der Waals surface area contributed by atoms with Gasteiger partial charge in [0.05, 0.1) is 17.8 Å². The lowest BCUT2D eigenvalue weighted by Crippen LogP contribution is -2.44. The summed E-state index contributed by atoms with van der Waals surface area (Å²) in [6, 6.07) is 12.9. The van der Waals surface area contributed by atoms with E-state index in [1.807, 2.05) is 11.0 Å². The molecule has 0 radical (unpaired) electrons. The van der Waals surface area contributed by atoms with E-state index in [-0.39, 0.29) is 18.4 Å². The molecule has 8 heteroatoms. The number of anilines is 1. The molecule has 7 nitrogen and oxygen atoms in total. The summed E-state index contributed by atoms with van der Waals surface area (Å²) in [5.41, 5.74) is 4.84. The van der Waals surface area contributed by atoms with E-state index in [0.29, 0.717) is 19.0 Å². The number of alkyl halides is 1. The van der Waals surface area contributed by atoms with E-state index in [1.54, 1.807) is 12.4 Å². The summed E-state index contributed by atoms with van der Waals surface area (Å²) >= 11 is 0. The van der Waals surface area contributed by atoms with Crippen LogP contribution in [0.15, 0.2) is 48.8 Å². The van der Waals surface area contributed by atoms with Crippen LogP contribution >= 0.6 is 0 Å². The van der Waals surface area contributed by atoms with Gasteiger partial charge in [0.15, 0.2) is 5.65 Å². The molecule has 3 aliphatic rings. The van der Waals surface area contributed by atoms with Gasteiger partial charge in [0.2, 0.25) is 5.95 Å². The van der Waals surface area contributed by atoms with Crippen molar-refractivity contribution in [2.45, 2.75) is 56.2 Å². The molecule has 1 N–H and O–H groups in total. The second-order valence-electron chi connectivity index (χ2n) is 10.5. The van der Waals surface area contributed by atoms with Crippen LogP contribution in [0.5, 0.6) is 0 Å². The van der Waals surface area contributed by atoms with Crippen LogP contribution in [0.25, 0.3) is 22.4 Å². The maximum atomic E-state index is 14.4. The topological polar surface area (TPSA) is 80.0 Å². The van der Waals surface area contributed by atoms with Crippen LogP contribution in [0.2, 0.25) is 0 Å². The fourth-order valence-electron chi connectivity index (χ4n) is 6.48. The number of hydrogen-bond donors (Lipinski definition) is 1. The van der Waals surface area contributed by atoms with E-state index >= 15 is 0 Å². The van der Waals surface area contributed by atoms with Crippen molar-refractivity contribution in [1.29, 1.82) is 0 Å². The molecule has 1 saturated heterocycles. The van der Waals surface area contributed by atoms with Gasteiger partial charge in [-0.2, -0.15) is 0 Å². The zero-order valence-corrected chi connectivity index (χ0v) is 20.2. The van der Waals surface area contributed by atoms with Crippen LogP contribution in [0.3, 0.4) is 0 Å². The number of aromatic nitrogens is 5. The number of nitrogens with zero attached hydrogens (tertiary/aromatic N) is 6. The van der Waals surface area contributed by atoms with Gasteiger partial charge in [-0.05, 0) is 48.9 Å². The minimum Gasteiger partial charge on any atom is -0.393 e. The third-order valence-electron chi connectivity index (χ3n) is 8.48. The lowest BCUT2D eigenvalue weighted by Gasteiger charge is -2.37. The number of aliphatic hydroxyl groups excluding tert-OH is 1. The van der Waals surface area contributed by atoms with E-state index in [4.69, 9.17) is 9.97 Å². The highest BCUT2D eigenvalue weighted by molar-refractivity contribution is 5.77. The van der Waals surface area contributed by atoms with Gasteiger partial charge in [0, 0.05) is 50.3 Å². The van der Waals surface area contributed by atoms with Crippen LogP contribution in [-0.2, 0) is 18.4 Å². The van der Waals surface area contributed by atoms with Gasteiger partial charge < -0.3 is 14.6 Å². The summed E-state index contributed by atoms with van der Waals surface area (Å²) in [4.78, 5) is 21.2. The van der Waals surface area contributed by atoms with Crippen molar-refractivity contribution in [2.75, 3.05) is 24.6 Å². The Hall–Kier alpha value is -3.39. The molecule has 7 rings (SSSR count). The largest absolute Gasteiger partial charge is 0.393 e. The monoisotopic (exact) mass is 484 g/mol. The predicted octanol–water partition coefficient (Wildman–Crippen LogP) is 4.22. The van der Waals surface area contributed by atoms with Crippen LogP contribution in [0.4, 0.5) is 10.3 Å². The zero-order valence-electron chi connectivity index (χ0n) is 20.2. The first-order chi connectivity index (χ1) is 17.6. The first-order valence-electron chi connectivity index (χ1n) is 12.9. The van der Waals surface area contributed by atoms with Crippen molar-refractivity contribution in [3.8, 4) is 11.3 Å². The first kappa shape index (κ1) is 21.9. The van der Waals surface area contributed by atoms with E-state index in [1.165, 1.54) is 11.1 Å². The molecule has 0 bridgehead atoms. The van der Waals surface area contributed by atoms with Crippen molar-refractivity contribution in [1.82, 2.24) is 24.5 Å². The molecule has 4 aromatic rings. The minimum absolute atomic E-state index is 0.0701. The number of aliphatic hydroxyl groups is 1. The van der Waals surface area contributed by atoms with E-state index < -0.39 is 12.3 Å². The average Bonchev–Trinajstić information content (AvgIpc) is 3.49. The molecule has 1 aromatic carbocycles. The van der Waals surface area contributed by atoms with Crippen molar-refractivity contribution in [3.63, 3.8) is 0 Å². The minimum atomic E-state index is -1.49. The number of halogens is 1. The van der Waals surface area contributed by atoms with Gasteiger partial charge in [-0.15, -0.1) is 0 Å². The lowest BCUT2D eigenvalue weighted by molar-refractivity contribution is 0.0479. The molecule has 1 spiro atoms. The second-order valence-corrected chi connectivity index (χ2v) is 10.5. The molecule has 0 saturated carbocycles. The zero-order chi connectivity index (χ0) is 24.3. The van der Waals surface area contributed by atoms with Crippen LogP contribution in [0, 0.1) is 0 Å². The molecule has 3 aromatic heterocycles. The highest BCUT2D eigenvalue weighted by atomic mass is 19.1. The Morgan fingerprint density at radius 2 is 1.72 bits per heavy atom. The summed E-state index contributed by atoms with van der Waals surface area (Å²) in [5, 5.41) is 9.28. The fraction of sp³-hybridized carbons (Fsp3) is 0.429. The normalized spacial score (nSPS) is 22.7. The highest BCUT2D eigenvalue weighted by Gasteiger charge is 2.44. The summed E-state index contributed by atoms with van der Waals surface area (Å²) in [6.07, 6.45) is 9.55. The van der Waals surface area contributed by atoms with Gasteiger partial charge in [-0.1, -0.05) is 24.3 Å². The van der Waals surface area contributed by atoms with Crippen molar-refractivity contribution in [2.24, 2.45) is 0 Å². The van der Waals surface area contributed by atoms with E-state index in [0.717, 1.165) is 60.3 Å². The number of piperidine rings is 1. The molecule has 1 fully saturated rings. The Balaban J connectivity index is 1.24. The molecular weight excluding hydrogens is 455 g/mol. The third kappa shape index (κ3) is 3.27. The second kappa shape index (κ2) is 8.06. The summed E-state index contributed by atoms with van der Waals surface area (Å²) in [7, 11) is 0. The first-order valence-corrected chi connectivity index (χ1v) is 12.9. The molecule has 1 atom stereocenters. The number of hydrogen-bond acceptors (Lipinski definition) is 6. The molecule has 184 valence electrons. The van der Waals surface area contributed by atoms with E-state index in [9.17, 15) is 9.50 Å². The summed E-state index contributed by atoms with van der Waals surface area (Å²) in [6.45, 7) is 0.554. The Kier molecular flexibility index (Phi) is 4.90. The van der Waals surface area contributed by atoms with Crippen LogP contribution in [0.1, 0.15) is 49.1 Å². The van der Waals surface area contributed by atoms with Crippen molar-refractivity contribution >= 4 is 17.1 Å². The van der Waals surface area contributed by atoms with Gasteiger partial charge in [0.1, 0.15) is 17.0 Å². The molecule has 1 unspecified atom stereocenters. The van der Waals surface area contributed by atoms with Crippen molar-refractivity contribution < 1.29 is 9.50 Å². The third-order valence-corrected chi connectivity index (χ3v) is 8.48. The molecule has 36 heavy (non-hydrogen) atoms. The number of rotatable bonds is 3. The summed E-state index contributed by atoms with van der Waals surface area (Å²) < 4.78 is 16.8. The number of fused-ring (bicyclic) bond motifs is 6. The Morgan fingerprint density at radius 3 is 2.53 bits per heavy atom. The quantitative estimate of drug-likeness (QED) is 0.469. The van der Waals surface area contributed by atoms with Gasteiger partial charge >= 0.3 is 0 Å². The SMILES string of the molecule is OCC1(F)CCN(c2ncc(-c3ccc4nc5n(c4n3)C3(CCC5)CCc4ccccc43)cn2)CC1. The van der Waals surface area contributed by atoms with Crippen LogP contribution in [-0.4, -0.2) is 55.0 Å². The number of imidazole rings is 1. The standard InChI is InChI=1S/C28H29FN6O/c29-27(18-36)12-14-34(15-13-27)26-30-16-20(17-31-26)22-7-8-23-25(33-22)35-24(32-23)6-3-10-28(35)11-9-19-4-1-2-5-21(19)28/h1-2,4-5,7-8,16-17,36H,3,6,9-15,18H2. The average molecular weight is 485 g/mol. The van der Waals surface area contributed by atoms with E-state index in [2.05, 4.69) is 44.9 Å². The number of aryl methyl sites for hydroxylation is 2. The highest BCUT2D eigenvalue weighted by Crippen LogP contribution is 2.48. The summed E-state index contributed by atoms with van der Waals surface area (Å²) in [5.74, 6) is 1.71. The predicted molar refractivity (Wildman–Crippen MR) is 136 cm³/mol.